The summed E-state index contributed by atoms with van der Waals surface area (Å²) in [5, 5.41) is 4.64. The SMILES string of the molecule is CCCC(CCc1ccc2ncccc2c1)NC. The van der Waals surface area contributed by atoms with Gasteiger partial charge in [-0.1, -0.05) is 25.5 Å². The predicted molar refractivity (Wildman–Crippen MR) is 77.8 cm³/mol. The van der Waals surface area contributed by atoms with Crippen LogP contribution in [0.4, 0.5) is 0 Å². The number of aromatic nitrogens is 1. The van der Waals surface area contributed by atoms with Gasteiger partial charge in [0.15, 0.2) is 0 Å². The molecule has 0 bridgehead atoms. The third-order valence-electron chi connectivity index (χ3n) is 3.49. The second-order valence-electron chi connectivity index (χ2n) is 4.84. The maximum absolute atomic E-state index is 4.35. The largest absolute Gasteiger partial charge is 0.317 e. The minimum absolute atomic E-state index is 0.639. The average molecular weight is 242 g/mol. The zero-order chi connectivity index (χ0) is 12.8. The molecule has 0 aliphatic heterocycles. The van der Waals surface area contributed by atoms with Crippen LogP contribution in [0.25, 0.3) is 10.9 Å². The Hall–Kier alpha value is -1.41. The van der Waals surface area contributed by atoms with Crippen LogP contribution in [0.2, 0.25) is 0 Å². The topological polar surface area (TPSA) is 24.9 Å². The second kappa shape index (κ2) is 6.50. The van der Waals surface area contributed by atoms with Gasteiger partial charge >= 0.3 is 0 Å². The van der Waals surface area contributed by atoms with Gasteiger partial charge in [0.2, 0.25) is 0 Å². The molecular formula is C16H22N2. The van der Waals surface area contributed by atoms with Gasteiger partial charge in [-0.3, -0.25) is 4.98 Å². The Bertz CT molecular complexity index is 493. The second-order valence-corrected chi connectivity index (χ2v) is 4.84. The van der Waals surface area contributed by atoms with Crippen molar-refractivity contribution in [2.45, 2.75) is 38.6 Å². The predicted octanol–water partition coefficient (Wildman–Crippen LogP) is 3.56. The third kappa shape index (κ3) is 3.30. The van der Waals surface area contributed by atoms with E-state index in [1.54, 1.807) is 0 Å². The number of pyridine rings is 1. The van der Waals surface area contributed by atoms with Crippen LogP contribution in [-0.2, 0) is 6.42 Å². The first-order valence-electron chi connectivity index (χ1n) is 6.84. The maximum atomic E-state index is 4.35. The first-order chi connectivity index (χ1) is 8.83. The molecule has 1 atom stereocenters. The van der Waals surface area contributed by atoms with Crippen LogP contribution < -0.4 is 5.32 Å². The molecule has 0 spiro atoms. The van der Waals surface area contributed by atoms with E-state index < -0.39 is 0 Å². The van der Waals surface area contributed by atoms with Crippen LogP contribution in [0.3, 0.4) is 0 Å². The monoisotopic (exact) mass is 242 g/mol. The Balaban J connectivity index is 2.03. The summed E-state index contributed by atoms with van der Waals surface area (Å²) in [5.41, 5.74) is 2.49. The van der Waals surface area contributed by atoms with E-state index in [0.29, 0.717) is 6.04 Å². The smallest absolute Gasteiger partial charge is 0.0702 e. The lowest BCUT2D eigenvalue weighted by atomic mass is 10.0. The molecule has 0 saturated heterocycles. The van der Waals surface area contributed by atoms with Crippen molar-refractivity contribution in [3.05, 3.63) is 42.1 Å². The van der Waals surface area contributed by atoms with Crippen molar-refractivity contribution in [2.24, 2.45) is 0 Å². The lowest BCUT2D eigenvalue weighted by Crippen LogP contribution is -2.25. The zero-order valence-corrected chi connectivity index (χ0v) is 11.3. The zero-order valence-electron chi connectivity index (χ0n) is 11.3. The van der Waals surface area contributed by atoms with Crippen molar-refractivity contribution in [3.63, 3.8) is 0 Å². The molecule has 1 unspecified atom stereocenters. The van der Waals surface area contributed by atoms with E-state index in [1.165, 1.54) is 30.2 Å². The number of benzene rings is 1. The van der Waals surface area contributed by atoms with Gasteiger partial charge in [-0.25, -0.2) is 0 Å². The van der Waals surface area contributed by atoms with E-state index in [2.05, 4.69) is 48.5 Å². The van der Waals surface area contributed by atoms with Crippen molar-refractivity contribution in [1.82, 2.24) is 10.3 Å². The summed E-state index contributed by atoms with van der Waals surface area (Å²) in [7, 11) is 2.06. The van der Waals surface area contributed by atoms with Crippen LogP contribution in [-0.4, -0.2) is 18.1 Å². The molecule has 1 aromatic carbocycles. The normalized spacial score (nSPS) is 12.8. The van der Waals surface area contributed by atoms with Crippen molar-refractivity contribution in [2.75, 3.05) is 7.05 Å². The summed E-state index contributed by atoms with van der Waals surface area (Å²) < 4.78 is 0. The molecule has 2 aromatic rings. The van der Waals surface area contributed by atoms with Crippen molar-refractivity contribution >= 4 is 10.9 Å². The number of aryl methyl sites for hydroxylation is 1. The van der Waals surface area contributed by atoms with E-state index in [1.807, 2.05) is 12.3 Å². The molecular weight excluding hydrogens is 220 g/mol. The van der Waals surface area contributed by atoms with Crippen molar-refractivity contribution < 1.29 is 0 Å². The Kier molecular flexibility index (Phi) is 4.71. The number of rotatable bonds is 6. The van der Waals surface area contributed by atoms with Gasteiger partial charge in [0.25, 0.3) is 0 Å². The van der Waals surface area contributed by atoms with Crippen LogP contribution in [0, 0.1) is 0 Å². The quantitative estimate of drug-likeness (QED) is 0.838. The molecule has 2 nitrogen and oxygen atoms in total. The molecule has 0 radical (unpaired) electrons. The molecule has 0 aliphatic rings. The first-order valence-corrected chi connectivity index (χ1v) is 6.84. The Morgan fingerprint density at radius 2 is 2.11 bits per heavy atom. The Morgan fingerprint density at radius 3 is 2.89 bits per heavy atom. The van der Waals surface area contributed by atoms with Crippen molar-refractivity contribution in [3.8, 4) is 0 Å². The highest BCUT2D eigenvalue weighted by atomic mass is 14.9. The lowest BCUT2D eigenvalue weighted by Gasteiger charge is -2.15. The summed E-state index contributed by atoms with van der Waals surface area (Å²) in [6.45, 7) is 2.24. The molecule has 0 saturated carbocycles. The lowest BCUT2D eigenvalue weighted by molar-refractivity contribution is 0.484. The van der Waals surface area contributed by atoms with E-state index in [-0.39, 0.29) is 0 Å². The Labute approximate surface area is 109 Å². The van der Waals surface area contributed by atoms with Gasteiger partial charge in [-0.2, -0.15) is 0 Å². The summed E-state index contributed by atoms with van der Waals surface area (Å²) in [4.78, 5) is 4.35. The molecule has 1 heterocycles. The molecule has 2 heteroatoms. The molecule has 0 aliphatic carbocycles. The highest BCUT2D eigenvalue weighted by Gasteiger charge is 2.05. The van der Waals surface area contributed by atoms with Gasteiger partial charge in [-0.05, 0) is 50.1 Å². The van der Waals surface area contributed by atoms with Gasteiger partial charge in [0, 0.05) is 17.6 Å². The molecule has 1 aromatic heterocycles. The molecule has 0 fully saturated rings. The van der Waals surface area contributed by atoms with Crippen LogP contribution in [0.15, 0.2) is 36.5 Å². The number of nitrogens with zero attached hydrogens (tertiary/aromatic N) is 1. The highest BCUT2D eigenvalue weighted by Crippen LogP contribution is 2.15. The molecule has 96 valence electrons. The fourth-order valence-electron chi connectivity index (χ4n) is 2.40. The van der Waals surface area contributed by atoms with Gasteiger partial charge in [0.1, 0.15) is 0 Å². The molecule has 2 rings (SSSR count). The number of hydrogen-bond acceptors (Lipinski definition) is 2. The number of nitrogens with one attached hydrogen (secondary N) is 1. The summed E-state index contributed by atoms with van der Waals surface area (Å²) in [5.74, 6) is 0. The number of hydrogen-bond donors (Lipinski definition) is 1. The van der Waals surface area contributed by atoms with Gasteiger partial charge in [-0.15, -0.1) is 0 Å². The standard InChI is InChI=1S/C16H22N2/c1-3-5-15(17-2)9-7-13-8-10-16-14(12-13)6-4-11-18-16/h4,6,8,10-12,15,17H,3,5,7,9H2,1-2H3. The molecule has 18 heavy (non-hydrogen) atoms. The van der Waals surface area contributed by atoms with Crippen molar-refractivity contribution in [1.29, 1.82) is 0 Å². The van der Waals surface area contributed by atoms with Gasteiger partial charge in [0.05, 0.1) is 5.52 Å². The average Bonchev–Trinajstić information content (AvgIpc) is 2.43. The molecule has 1 N–H and O–H groups in total. The highest BCUT2D eigenvalue weighted by molar-refractivity contribution is 5.78. The summed E-state index contributed by atoms with van der Waals surface area (Å²) in [6.07, 6.45) is 6.69. The third-order valence-corrected chi connectivity index (χ3v) is 3.49. The fourth-order valence-corrected chi connectivity index (χ4v) is 2.40. The van der Waals surface area contributed by atoms with Gasteiger partial charge < -0.3 is 5.32 Å². The van der Waals surface area contributed by atoms with Crippen LogP contribution in [0.5, 0.6) is 0 Å². The van der Waals surface area contributed by atoms with Crippen LogP contribution >= 0.6 is 0 Å². The van der Waals surface area contributed by atoms with Crippen LogP contribution in [0.1, 0.15) is 31.7 Å². The van der Waals surface area contributed by atoms with E-state index in [4.69, 9.17) is 0 Å². The fraction of sp³-hybridized carbons (Fsp3) is 0.438. The first kappa shape index (κ1) is 13.0. The minimum atomic E-state index is 0.639. The van der Waals surface area contributed by atoms with E-state index >= 15 is 0 Å². The number of fused-ring (bicyclic) bond motifs is 1. The van der Waals surface area contributed by atoms with E-state index in [9.17, 15) is 0 Å². The summed E-state index contributed by atoms with van der Waals surface area (Å²) in [6, 6.07) is 11.4. The van der Waals surface area contributed by atoms with E-state index in [0.717, 1.165) is 11.9 Å². The summed E-state index contributed by atoms with van der Waals surface area (Å²) >= 11 is 0. The maximum Gasteiger partial charge on any atom is 0.0702 e. The minimum Gasteiger partial charge on any atom is -0.317 e. The molecule has 0 amide bonds. The Morgan fingerprint density at radius 1 is 1.22 bits per heavy atom.